The van der Waals surface area contributed by atoms with Crippen molar-refractivity contribution in [1.29, 1.82) is 0 Å². The van der Waals surface area contributed by atoms with E-state index >= 15 is 0 Å². The van der Waals surface area contributed by atoms with Crippen LogP contribution in [0.15, 0.2) is 120 Å². The van der Waals surface area contributed by atoms with E-state index in [1.165, 1.54) is 48.1 Å². The SMILES string of the molecule is c1ccc(-c2nc3c(nc2-n2c4ccc5cccc6c5c4c4c5c(ccc42)oc2cccc-6c25)sc2ccccc23)cc1. The Hall–Kier alpha value is -5.52. The van der Waals surface area contributed by atoms with Crippen LogP contribution < -0.4 is 0 Å². The van der Waals surface area contributed by atoms with E-state index in [9.17, 15) is 0 Å². The molecule has 4 nitrogen and oxygen atoms in total. The van der Waals surface area contributed by atoms with Gasteiger partial charge in [-0.15, -0.1) is 11.3 Å². The lowest BCUT2D eigenvalue weighted by Crippen LogP contribution is -2.03. The average molecular weight is 566 g/mol. The van der Waals surface area contributed by atoms with Gasteiger partial charge in [-0.05, 0) is 52.2 Å². The van der Waals surface area contributed by atoms with Gasteiger partial charge in [0.1, 0.15) is 27.2 Å². The second-order valence-corrected chi connectivity index (χ2v) is 12.4. The molecule has 198 valence electrons. The third-order valence-corrected chi connectivity index (χ3v) is 10.2. The second kappa shape index (κ2) is 7.65. The minimum Gasteiger partial charge on any atom is -0.456 e. The zero-order valence-electron chi connectivity index (χ0n) is 22.6. The first-order chi connectivity index (χ1) is 21.3. The summed E-state index contributed by atoms with van der Waals surface area (Å²) in [5, 5.41) is 8.46. The van der Waals surface area contributed by atoms with Crippen molar-refractivity contribution in [2.24, 2.45) is 0 Å². The van der Waals surface area contributed by atoms with Crippen molar-refractivity contribution < 1.29 is 4.42 Å². The molecule has 1 aliphatic carbocycles. The van der Waals surface area contributed by atoms with Crippen LogP contribution in [0.5, 0.6) is 0 Å². The van der Waals surface area contributed by atoms with Crippen molar-refractivity contribution >= 4 is 86.3 Å². The molecule has 4 heterocycles. The van der Waals surface area contributed by atoms with Crippen LogP contribution in [0.25, 0.3) is 103 Å². The first kappa shape index (κ1) is 22.1. The molecule has 0 spiro atoms. The zero-order chi connectivity index (χ0) is 27.8. The maximum absolute atomic E-state index is 6.48. The molecule has 0 unspecified atom stereocenters. The van der Waals surface area contributed by atoms with Gasteiger partial charge in [0.15, 0.2) is 5.82 Å². The predicted octanol–water partition coefficient (Wildman–Crippen LogP) is 10.6. The van der Waals surface area contributed by atoms with Crippen molar-refractivity contribution in [3.63, 3.8) is 0 Å². The highest BCUT2D eigenvalue weighted by molar-refractivity contribution is 7.25. The lowest BCUT2D eigenvalue weighted by atomic mass is 9.95. The van der Waals surface area contributed by atoms with Crippen LogP contribution in [0.4, 0.5) is 0 Å². The van der Waals surface area contributed by atoms with Crippen molar-refractivity contribution in [3.05, 3.63) is 115 Å². The summed E-state index contributed by atoms with van der Waals surface area (Å²) in [7, 11) is 0. The molecule has 0 saturated heterocycles. The Balaban J connectivity index is 1.40. The largest absolute Gasteiger partial charge is 0.456 e. The van der Waals surface area contributed by atoms with E-state index in [2.05, 4.69) is 114 Å². The molecule has 6 aromatic carbocycles. The number of thiophene rings is 1. The lowest BCUT2D eigenvalue weighted by molar-refractivity contribution is 0.669. The van der Waals surface area contributed by atoms with Gasteiger partial charge >= 0.3 is 0 Å². The Labute approximate surface area is 248 Å². The standard InChI is InChI=1S/C38H19N3OS/c1-2-8-21(9-3-1)35-37(40-38-36(39-35)24-11-4-5-15-29(24)43-38)41-25-17-16-20-10-6-12-22-23-13-7-14-27-31(23)34-28(42-27)19-18-26(41)33(34)32(25)30(20)22/h1-19H. The zero-order valence-corrected chi connectivity index (χ0v) is 23.4. The summed E-state index contributed by atoms with van der Waals surface area (Å²) in [6.45, 7) is 0. The molecule has 0 atom stereocenters. The maximum atomic E-state index is 6.48. The molecule has 4 aromatic heterocycles. The number of aromatic nitrogens is 3. The monoisotopic (exact) mass is 565 g/mol. The van der Waals surface area contributed by atoms with Crippen molar-refractivity contribution in [2.75, 3.05) is 0 Å². The van der Waals surface area contributed by atoms with E-state index in [1.54, 1.807) is 11.3 Å². The number of hydrogen-bond acceptors (Lipinski definition) is 4. The van der Waals surface area contributed by atoms with Crippen LogP contribution >= 0.6 is 11.3 Å². The predicted molar refractivity (Wildman–Crippen MR) is 178 cm³/mol. The highest BCUT2D eigenvalue weighted by atomic mass is 32.1. The van der Waals surface area contributed by atoms with Crippen molar-refractivity contribution in [3.8, 4) is 28.2 Å². The van der Waals surface area contributed by atoms with Gasteiger partial charge in [0.2, 0.25) is 0 Å². The maximum Gasteiger partial charge on any atom is 0.166 e. The second-order valence-electron chi connectivity index (χ2n) is 11.3. The van der Waals surface area contributed by atoms with Gasteiger partial charge in [0, 0.05) is 37.2 Å². The third-order valence-electron chi connectivity index (χ3n) is 9.14. The number of rotatable bonds is 2. The molecule has 5 heteroatoms. The number of nitrogens with zero attached hydrogens (tertiary/aromatic N) is 3. The molecule has 43 heavy (non-hydrogen) atoms. The first-order valence-electron chi connectivity index (χ1n) is 14.4. The molecule has 0 bridgehead atoms. The summed E-state index contributed by atoms with van der Waals surface area (Å²) in [6, 6.07) is 40.8. The smallest absolute Gasteiger partial charge is 0.166 e. The van der Waals surface area contributed by atoms with Gasteiger partial charge in [-0.2, -0.15) is 0 Å². The molecule has 0 radical (unpaired) electrons. The molecular formula is C38H19N3OS. The number of fused-ring (bicyclic) bond motifs is 4. The number of benzene rings is 6. The number of furan rings is 1. The molecule has 0 fully saturated rings. The van der Waals surface area contributed by atoms with E-state index in [-0.39, 0.29) is 0 Å². The normalized spacial score (nSPS) is 12.7. The van der Waals surface area contributed by atoms with Crippen LogP contribution in [0.1, 0.15) is 0 Å². The summed E-state index contributed by atoms with van der Waals surface area (Å²) in [5.41, 5.74) is 9.39. The molecular weight excluding hydrogens is 547 g/mol. The summed E-state index contributed by atoms with van der Waals surface area (Å²) in [5.74, 6) is 0.843. The third kappa shape index (κ3) is 2.67. The highest BCUT2D eigenvalue weighted by Gasteiger charge is 2.28. The fourth-order valence-electron chi connectivity index (χ4n) is 7.41. The van der Waals surface area contributed by atoms with Crippen LogP contribution in [0, 0.1) is 0 Å². The lowest BCUT2D eigenvalue weighted by Gasteiger charge is -2.14. The Morgan fingerprint density at radius 2 is 1.30 bits per heavy atom. The Morgan fingerprint density at radius 1 is 0.558 bits per heavy atom. The summed E-state index contributed by atoms with van der Waals surface area (Å²) < 4.78 is 10.0. The van der Waals surface area contributed by atoms with Crippen molar-refractivity contribution in [2.45, 2.75) is 0 Å². The molecule has 0 saturated carbocycles. The minimum absolute atomic E-state index is 0.843. The van der Waals surface area contributed by atoms with Gasteiger partial charge in [-0.25, -0.2) is 9.97 Å². The summed E-state index contributed by atoms with van der Waals surface area (Å²) in [4.78, 5) is 11.8. The Bertz CT molecular complexity index is 2840. The van der Waals surface area contributed by atoms with E-state index < -0.39 is 0 Å². The quantitative estimate of drug-likeness (QED) is 0.209. The molecule has 10 aromatic rings. The van der Waals surface area contributed by atoms with Gasteiger partial charge in [-0.1, -0.05) is 84.9 Å². The fourth-order valence-corrected chi connectivity index (χ4v) is 8.43. The Morgan fingerprint density at radius 3 is 2.21 bits per heavy atom. The molecule has 0 amide bonds. The fraction of sp³-hybridized carbons (Fsp3) is 0. The van der Waals surface area contributed by atoms with Crippen LogP contribution in [0.3, 0.4) is 0 Å². The van der Waals surface area contributed by atoms with E-state index in [0.29, 0.717) is 0 Å². The summed E-state index contributed by atoms with van der Waals surface area (Å²) in [6.07, 6.45) is 0. The molecule has 0 N–H and O–H groups in total. The summed E-state index contributed by atoms with van der Waals surface area (Å²) >= 11 is 1.70. The minimum atomic E-state index is 0.843. The topological polar surface area (TPSA) is 43.9 Å². The van der Waals surface area contributed by atoms with E-state index in [0.717, 1.165) is 55.0 Å². The highest BCUT2D eigenvalue weighted by Crippen LogP contribution is 2.51. The number of hydrogen-bond donors (Lipinski definition) is 0. The van der Waals surface area contributed by atoms with Crippen molar-refractivity contribution in [1.82, 2.24) is 14.5 Å². The average Bonchev–Trinajstić information content (AvgIpc) is 3.70. The molecule has 11 rings (SSSR count). The van der Waals surface area contributed by atoms with Gasteiger partial charge in [0.25, 0.3) is 0 Å². The molecule has 1 aliphatic rings. The molecule has 0 aliphatic heterocycles. The van der Waals surface area contributed by atoms with Crippen LogP contribution in [-0.4, -0.2) is 14.5 Å². The first-order valence-corrected chi connectivity index (χ1v) is 15.2. The van der Waals surface area contributed by atoms with Gasteiger partial charge in [-0.3, -0.25) is 4.57 Å². The van der Waals surface area contributed by atoms with E-state index in [1.807, 2.05) is 6.07 Å². The van der Waals surface area contributed by atoms with Gasteiger partial charge < -0.3 is 4.42 Å². The Kier molecular flexibility index (Phi) is 3.94. The van der Waals surface area contributed by atoms with Gasteiger partial charge in [0.05, 0.1) is 11.0 Å². The van der Waals surface area contributed by atoms with Crippen LogP contribution in [0.2, 0.25) is 0 Å². The van der Waals surface area contributed by atoms with E-state index in [4.69, 9.17) is 14.4 Å². The van der Waals surface area contributed by atoms with Crippen LogP contribution in [-0.2, 0) is 0 Å².